The summed E-state index contributed by atoms with van der Waals surface area (Å²) in [6.07, 6.45) is 5.67. The molecule has 0 radical (unpaired) electrons. The summed E-state index contributed by atoms with van der Waals surface area (Å²) in [6.45, 7) is 6.78. The van der Waals surface area contributed by atoms with E-state index in [1.807, 2.05) is 12.1 Å². The molecule has 104 valence electrons. The highest BCUT2D eigenvalue weighted by Crippen LogP contribution is 2.21. The zero-order valence-corrected chi connectivity index (χ0v) is 11.8. The average Bonchev–Trinajstić information content (AvgIpc) is 2.47. The predicted octanol–water partition coefficient (Wildman–Crippen LogP) is 1.47. The predicted molar refractivity (Wildman–Crippen MR) is 75.9 cm³/mol. The molecule has 0 spiro atoms. The Hall–Kier alpha value is -1.42. The Morgan fingerprint density at radius 2 is 2.21 bits per heavy atom. The summed E-state index contributed by atoms with van der Waals surface area (Å²) in [5.41, 5.74) is 1.13. The van der Waals surface area contributed by atoms with Gasteiger partial charge in [-0.25, -0.2) is 0 Å². The van der Waals surface area contributed by atoms with Crippen LogP contribution in [0.4, 0.5) is 0 Å². The van der Waals surface area contributed by atoms with Crippen molar-refractivity contribution in [2.45, 2.75) is 32.1 Å². The number of nitrogens with zero attached hydrogens (tertiary/aromatic N) is 1. The second-order valence-corrected chi connectivity index (χ2v) is 5.88. The lowest BCUT2D eigenvalue weighted by Crippen LogP contribution is -2.44. The van der Waals surface area contributed by atoms with Crippen molar-refractivity contribution in [3.8, 4) is 0 Å². The molecule has 1 unspecified atom stereocenters. The van der Waals surface area contributed by atoms with Gasteiger partial charge in [0.25, 0.3) is 0 Å². The molecule has 1 aromatic heterocycles. The van der Waals surface area contributed by atoms with E-state index < -0.39 is 0 Å². The first kappa shape index (κ1) is 14.0. The van der Waals surface area contributed by atoms with E-state index in [1.165, 1.54) is 5.56 Å². The number of piperidine rings is 1. The molecule has 1 atom stereocenters. The lowest BCUT2D eigenvalue weighted by molar-refractivity contribution is -0.125. The molecule has 2 heterocycles. The zero-order chi connectivity index (χ0) is 13.7. The standard InChI is InChI=1S/C15H23N3O/c1-15(2,13-5-8-16-9-6-13)11-18-14(19)12-4-3-7-17-10-12/h5-6,8-9,12,17H,3-4,7,10-11H2,1-2H3,(H,18,19). The van der Waals surface area contributed by atoms with Gasteiger partial charge in [0.15, 0.2) is 0 Å². The van der Waals surface area contributed by atoms with Crippen molar-refractivity contribution in [3.05, 3.63) is 30.1 Å². The van der Waals surface area contributed by atoms with E-state index in [1.54, 1.807) is 12.4 Å². The van der Waals surface area contributed by atoms with Gasteiger partial charge >= 0.3 is 0 Å². The molecule has 2 N–H and O–H groups in total. The van der Waals surface area contributed by atoms with E-state index in [0.29, 0.717) is 6.54 Å². The normalized spacial score (nSPS) is 20.0. The Labute approximate surface area is 115 Å². The molecule has 1 amide bonds. The Kier molecular flexibility index (Phi) is 4.53. The smallest absolute Gasteiger partial charge is 0.224 e. The van der Waals surface area contributed by atoms with Crippen molar-refractivity contribution in [1.29, 1.82) is 0 Å². The number of hydrogen-bond donors (Lipinski definition) is 2. The molecule has 0 aromatic carbocycles. The van der Waals surface area contributed by atoms with Crippen molar-refractivity contribution in [1.82, 2.24) is 15.6 Å². The number of pyridine rings is 1. The van der Waals surface area contributed by atoms with Crippen LogP contribution in [-0.4, -0.2) is 30.5 Å². The fraction of sp³-hybridized carbons (Fsp3) is 0.600. The number of aromatic nitrogens is 1. The topological polar surface area (TPSA) is 54.0 Å². The van der Waals surface area contributed by atoms with Crippen LogP contribution in [0.25, 0.3) is 0 Å². The van der Waals surface area contributed by atoms with Crippen LogP contribution in [0.15, 0.2) is 24.5 Å². The van der Waals surface area contributed by atoms with Crippen LogP contribution in [0.5, 0.6) is 0 Å². The van der Waals surface area contributed by atoms with Gasteiger partial charge in [-0.15, -0.1) is 0 Å². The number of amides is 1. The van der Waals surface area contributed by atoms with E-state index in [4.69, 9.17) is 0 Å². The second kappa shape index (κ2) is 6.15. The van der Waals surface area contributed by atoms with Crippen LogP contribution in [0.2, 0.25) is 0 Å². The molecule has 1 aliphatic rings. The van der Waals surface area contributed by atoms with Crippen LogP contribution in [0, 0.1) is 5.92 Å². The Balaban J connectivity index is 1.88. The van der Waals surface area contributed by atoms with Gasteiger partial charge in [-0.2, -0.15) is 0 Å². The third kappa shape index (κ3) is 3.77. The van der Waals surface area contributed by atoms with Gasteiger partial charge in [0.1, 0.15) is 0 Å². The molecule has 1 saturated heterocycles. The number of carbonyl (C=O) groups excluding carboxylic acids is 1. The minimum Gasteiger partial charge on any atom is -0.355 e. The third-order valence-electron chi connectivity index (χ3n) is 3.83. The summed E-state index contributed by atoms with van der Waals surface area (Å²) in [7, 11) is 0. The summed E-state index contributed by atoms with van der Waals surface area (Å²) in [5, 5.41) is 6.37. The maximum absolute atomic E-state index is 12.1. The van der Waals surface area contributed by atoms with Crippen molar-refractivity contribution in [2.24, 2.45) is 5.92 Å². The SMILES string of the molecule is CC(C)(CNC(=O)C1CCCNC1)c1ccncc1. The quantitative estimate of drug-likeness (QED) is 0.863. The van der Waals surface area contributed by atoms with Crippen LogP contribution >= 0.6 is 0 Å². The first-order chi connectivity index (χ1) is 9.09. The van der Waals surface area contributed by atoms with Gasteiger partial charge < -0.3 is 10.6 Å². The first-order valence-electron chi connectivity index (χ1n) is 6.98. The molecule has 1 aliphatic heterocycles. The minimum atomic E-state index is -0.0688. The summed E-state index contributed by atoms with van der Waals surface area (Å²) in [5.74, 6) is 0.302. The van der Waals surface area contributed by atoms with Gasteiger partial charge in [0.05, 0.1) is 5.92 Å². The van der Waals surface area contributed by atoms with Gasteiger partial charge in [-0.3, -0.25) is 9.78 Å². The Bertz CT molecular complexity index is 411. The fourth-order valence-electron chi connectivity index (χ4n) is 2.43. The monoisotopic (exact) mass is 261 g/mol. The molecule has 1 fully saturated rings. The summed E-state index contributed by atoms with van der Waals surface area (Å²) >= 11 is 0. The maximum Gasteiger partial charge on any atom is 0.224 e. The average molecular weight is 261 g/mol. The lowest BCUT2D eigenvalue weighted by atomic mass is 9.85. The highest BCUT2D eigenvalue weighted by molar-refractivity contribution is 5.79. The molecule has 1 aromatic rings. The van der Waals surface area contributed by atoms with Crippen LogP contribution in [0.1, 0.15) is 32.3 Å². The third-order valence-corrected chi connectivity index (χ3v) is 3.83. The van der Waals surface area contributed by atoms with Gasteiger partial charge in [0.2, 0.25) is 5.91 Å². The van der Waals surface area contributed by atoms with Crippen LogP contribution in [-0.2, 0) is 10.2 Å². The second-order valence-electron chi connectivity index (χ2n) is 5.88. The Morgan fingerprint density at radius 3 is 2.84 bits per heavy atom. The zero-order valence-electron chi connectivity index (χ0n) is 11.8. The molecule has 19 heavy (non-hydrogen) atoms. The van der Waals surface area contributed by atoms with Crippen molar-refractivity contribution in [3.63, 3.8) is 0 Å². The highest BCUT2D eigenvalue weighted by Gasteiger charge is 2.25. The van der Waals surface area contributed by atoms with E-state index in [2.05, 4.69) is 29.5 Å². The van der Waals surface area contributed by atoms with Crippen molar-refractivity contribution < 1.29 is 4.79 Å². The lowest BCUT2D eigenvalue weighted by Gasteiger charge is -2.28. The van der Waals surface area contributed by atoms with Gasteiger partial charge in [0, 0.05) is 30.9 Å². The van der Waals surface area contributed by atoms with Crippen molar-refractivity contribution in [2.75, 3.05) is 19.6 Å². The van der Waals surface area contributed by atoms with E-state index in [9.17, 15) is 4.79 Å². The molecular formula is C15H23N3O. The van der Waals surface area contributed by atoms with Crippen LogP contribution < -0.4 is 10.6 Å². The molecule has 2 rings (SSSR count). The van der Waals surface area contributed by atoms with E-state index in [0.717, 1.165) is 25.9 Å². The summed E-state index contributed by atoms with van der Waals surface area (Å²) in [6, 6.07) is 4.02. The molecule has 4 nitrogen and oxygen atoms in total. The molecule has 0 bridgehead atoms. The highest BCUT2D eigenvalue weighted by atomic mass is 16.1. The summed E-state index contributed by atoms with van der Waals surface area (Å²) in [4.78, 5) is 16.1. The minimum absolute atomic E-state index is 0.0688. The molecule has 0 saturated carbocycles. The van der Waals surface area contributed by atoms with Crippen molar-refractivity contribution >= 4 is 5.91 Å². The van der Waals surface area contributed by atoms with Gasteiger partial charge in [-0.1, -0.05) is 13.8 Å². The maximum atomic E-state index is 12.1. The summed E-state index contributed by atoms with van der Waals surface area (Å²) < 4.78 is 0. The largest absolute Gasteiger partial charge is 0.355 e. The Morgan fingerprint density at radius 1 is 1.47 bits per heavy atom. The molecule has 0 aliphatic carbocycles. The molecule has 4 heteroatoms. The van der Waals surface area contributed by atoms with Crippen LogP contribution in [0.3, 0.4) is 0 Å². The van der Waals surface area contributed by atoms with E-state index in [-0.39, 0.29) is 17.2 Å². The van der Waals surface area contributed by atoms with Gasteiger partial charge in [-0.05, 0) is 37.1 Å². The first-order valence-corrected chi connectivity index (χ1v) is 6.98. The number of hydrogen-bond acceptors (Lipinski definition) is 3. The number of nitrogens with one attached hydrogen (secondary N) is 2. The molecular weight excluding hydrogens is 238 g/mol. The number of rotatable bonds is 4. The number of carbonyl (C=O) groups is 1. The fourth-order valence-corrected chi connectivity index (χ4v) is 2.43. The van der Waals surface area contributed by atoms with E-state index >= 15 is 0 Å².